The van der Waals surface area contributed by atoms with Crippen LogP contribution in [0.2, 0.25) is 0 Å². The molecule has 0 saturated carbocycles. The first-order valence-corrected chi connectivity index (χ1v) is 6.64. The molecule has 2 amide bonds. The lowest BCUT2D eigenvalue weighted by atomic mass is 10.0. The van der Waals surface area contributed by atoms with Gasteiger partial charge in [-0.1, -0.05) is 30.1 Å². The Balaban J connectivity index is 2.47. The molecule has 0 aliphatic carbocycles. The van der Waals surface area contributed by atoms with Crippen LogP contribution in [-0.2, 0) is 4.84 Å². The summed E-state index contributed by atoms with van der Waals surface area (Å²) in [5.41, 5.74) is 2.39. The van der Waals surface area contributed by atoms with Crippen LogP contribution in [0.15, 0.2) is 5.16 Å². The molecular formula is C11H20ClN3O3. The van der Waals surface area contributed by atoms with Gasteiger partial charge in [-0.2, -0.15) is 0 Å². The maximum atomic E-state index is 11.9. The molecule has 0 aromatic rings. The molecule has 0 radical (unpaired) electrons. The molecule has 1 aliphatic heterocycles. The molecule has 1 heterocycles. The van der Waals surface area contributed by atoms with Crippen molar-refractivity contribution in [1.82, 2.24) is 10.4 Å². The summed E-state index contributed by atoms with van der Waals surface area (Å²) >= 11 is 5.80. The lowest BCUT2D eigenvalue weighted by Crippen LogP contribution is -2.51. The number of oxime groups is 1. The summed E-state index contributed by atoms with van der Waals surface area (Å²) in [6.45, 7) is 3.12. The van der Waals surface area contributed by atoms with Gasteiger partial charge in [0.15, 0.2) is 5.17 Å². The molecule has 1 atom stereocenters. The van der Waals surface area contributed by atoms with E-state index in [1.54, 1.807) is 0 Å². The fourth-order valence-electron chi connectivity index (χ4n) is 1.88. The molecule has 18 heavy (non-hydrogen) atoms. The SMILES string of the molecule is CCCCONC(=O)N1CCCC[C@H]1/C(Cl)=N/O. The van der Waals surface area contributed by atoms with Crippen molar-refractivity contribution in [2.24, 2.45) is 5.16 Å². The van der Waals surface area contributed by atoms with E-state index in [2.05, 4.69) is 10.6 Å². The quantitative estimate of drug-likeness (QED) is 0.350. The van der Waals surface area contributed by atoms with Gasteiger partial charge in [0.05, 0.1) is 12.6 Å². The van der Waals surface area contributed by atoms with E-state index in [-0.39, 0.29) is 17.2 Å². The normalized spacial score (nSPS) is 20.9. The molecule has 0 unspecified atom stereocenters. The van der Waals surface area contributed by atoms with E-state index in [1.807, 2.05) is 6.92 Å². The lowest BCUT2D eigenvalue weighted by molar-refractivity contribution is 0.0409. The number of amides is 2. The van der Waals surface area contributed by atoms with Crippen LogP contribution in [0.3, 0.4) is 0 Å². The molecule has 0 aromatic heterocycles. The van der Waals surface area contributed by atoms with Gasteiger partial charge in [0, 0.05) is 6.54 Å². The van der Waals surface area contributed by atoms with Gasteiger partial charge in [0.1, 0.15) is 0 Å². The Hall–Kier alpha value is -1.01. The zero-order valence-electron chi connectivity index (χ0n) is 10.6. The molecule has 104 valence electrons. The highest BCUT2D eigenvalue weighted by Crippen LogP contribution is 2.19. The van der Waals surface area contributed by atoms with Crippen LogP contribution in [0.5, 0.6) is 0 Å². The third-order valence-corrected chi connectivity index (χ3v) is 3.22. The van der Waals surface area contributed by atoms with Crippen molar-refractivity contribution < 1.29 is 14.8 Å². The number of likely N-dealkylation sites (tertiary alicyclic amines) is 1. The van der Waals surface area contributed by atoms with Gasteiger partial charge < -0.3 is 10.1 Å². The first-order chi connectivity index (χ1) is 8.70. The number of nitrogens with one attached hydrogen (secondary N) is 1. The number of carbonyl (C=O) groups is 1. The van der Waals surface area contributed by atoms with Crippen molar-refractivity contribution in [1.29, 1.82) is 0 Å². The fourth-order valence-corrected chi connectivity index (χ4v) is 2.10. The molecule has 1 aliphatic rings. The van der Waals surface area contributed by atoms with Crippen LogP contribution in [-0.4, -0.2) is 40.5 Å². The second-order valence-electron chi connectivity index (χ2n) is 4.24. The molecule has 1 fully saturated rings. The van der Waals surface area contributed by atoms with Gasteiger partial charge >= 0.3 is 6.03 Å². The average Bonchev–Trinajstić information content (AvgIpc) is 2.42. The predicted molar refractivity (Wildman–Crippen MR) is 68.8 cm³/mol. The molecule has 6 nitrogen and oxygen atoms in total. The highest BCUT2D eigenvalue weighted by molar-refractivity contribution is 6.66. The molecule has 7 heteroatoms. The van der Waals surface area contributed by atoms with Crippen LogP contribution >= 0.6 is 11.6 Å². The highest BCUT2D eigenvalue weighted by Gasteiger charge is 2.30. The Morgan fingerprint density at radius 2 is 2.39 bits per heavy atom. The van der Waals surface area contributed by atoms with Crippen molar-refractivity contribution >= 4 is 22.8 Å². The highest BCUT2D eigenvalue weighted by atomic mass is 35.5. The van der Waals surface area contributed by atoms with E-state index in [0.29, 0.717) is 19.6 Å². The largest absolute Gasteiger partial charge is 0.410 e. The fraction of sp³-hybridized carbons (Fsp3) is 0.818. The van der Waals surface area contributed by atoms with E-state index >= 15 is 0 Å². The number of urea groups is 1. The van der Waals surface area contributed by atoms with Gasteiger partial charge in [0.25, 0.3) is 0 Å². The summed E-state index contributed by atoms with van der Waals surface area (Å²) in [4.78, 5) is 18.5. The number of piperidine rings is 1. The van der Waals surface area contributed by atoms with Gasteiger partial charge in [-0.05, 0) is 25.7 Å². The van der Waals surface area contributed by atoms with Gasteiger partial charge in [-0.25, -0.2) is 10.3 Å². The number of unbranched alkanes of at least 4 members (excludes halogenated alkanes) is 1. The van der Waals surface area contributed by atoms with Gasteiger partial charge in [0.2, 0.25) is 0 Å². The summed E-state index contributed by atoms with van der Waals surface area (Å²) in [5, 5.41) is 11.7. The third-order valence-electron chi connectivity index (χ3n) is 2.89. The molecule has 0 spiro atoms. The number of carbonyl (C=O) groups excluding carboxylic acids is 1. The Kier molecular flexibility index (Phi) is 6.82. The van der Waals surface area contributed by atoms with Crippen LogP contribution in [0, 0.1) is 0 Å². The molecule has 0 bridgehead atoms. The summed E-state index contributed by atoms with van der Waals surface area (Å²) in [6, 6.07) is -0.696. The minimum Gasteiger partial charge on any atom is -0.410 e. The zero-order chi connectivity index (χ0) is 13.4. The standard InChI is InChI=1S/C11H20ClN3O3/c1-2-3-8-18-14-11(16)15-7-5-4-6-9(15)10(12)13-17/h9,17H,2-8H2,1H3,(H,14,16)/b13-10-/t9-/m0/s1. The minimum atomic E-state index is -0.361. The van der Waals surface area contributed by atoms with Crippen LogP contribution in [0.25, 0.3) is 0 Å². The smallest absolute Gasteiger partial charge is 0.341 e. The van der Waals surface area contributed by atoms with Crippen molar-refractivity contribution in [2.75, 3.05) is 13.2 Å². The van der Waals surface area contributed by atoms with E-state index in [0.717, 1.165) is 25.7 Å². The predicted octanol–water partition coefficient (Wildman–Crippen LogP) is 2.31. The van der Waals surface area contributed by atoms with Crippen LogP contribution in [0.4, 0.5) is 4.79 Å². The Labute approximate surface area is 112 Å². The molecular weight excluding hydrogens is 258 g/mol. The monoisotopic (exact) mass is 277 g/mol. The second-order valence-corrected chi connectivity index (χ2v) is 4.62. The first kappa shape index (κ1) is 15.0. The van der Waals surface area contributed by atoms with Gasteiger partial charge in [-0.3, -0.25) is 4.84 Å². The minimum absolute atomic E-state index is 0.0402. The summed E-state index contributed by atoms with van der Waals surface area (Å²) in [5.74, 6) is 0. The number of halogens is 1. The van der Waals surface area contributed by atoms with Crippen molar-refractivity contribution in [3.63, 3.8) is 0 Å². The van der Waals surface area contributed by atoms with E-state index in [4.69, 9.17) is 21.6 Å². The molecule has 0 aromatic carbocycles. The van der Waals surface area contributed by atoms with Crippen LogP contribution in [0.1, 0.15) is 39.0 Å². The summed E-state index contributed by atoms with van der Waals surface area (Å²) < 4.78 is 0. The van der Waals surface area contributed by atoms with Crippen molar-refractivity contribution in [3.05, 3.63) is 0 Å². The first-order valence-electron chi connectivity index (χ1n) is 6.26. The zero-order valence-corrected chi connectivity index (χ0v) is 11.3. The Morgan fingerprint density at radius 3 is 3.06 bits per heavy atom. The molecule has 2 N–H and O–H groups in total. The van der Waals surface area contributed by atoms with E-state index in [1.165, 1.54) is 4.90 Å². The van der Waals surface area contributed by atoms with Crippen LogP contribution < -0.4 is 5.48 Å². The number of hydroxylamine groups is 1. The number of rotatable bonds is 5. The Bertz CT molecular complexity index is 299. The van der Waals surface area contributed by atoms with E-state index in [9.17, 15) is 4.79 Å². The van der Waals surface area contributed by atoms with E-state index < -0.39 is 0 Å². The topological polar surface area (TPSA) is 74.2 Å². The number of hydrogen-bond donors (Lipinski definition) is 2. The average molecular weight is 278 g/mol. The summed E-state index contributed by atoms with van der Waals surface area (Å²) in [7, 11) is 0. The number of hydrogen-bond acceptors (Lipinski definition) is 4. The second kappa shape index (κ2) is 8.16. The van der Waals surface area contributed by atoms with Gasteiger partial charge in [-0.15, -0.1) is 0 Å². The summed E-state index contributed by atoms with van der Waals surface area (Å²) in [6.07, 6.45) is 4.46. The molecule has 1 rings (SSSR count). The molecule has 1 saturated heterocycles. The van der Waals surface area contributed by atoms with Crippen molar-refractivity contribution in [2.45, 2.75) is 45.1 Å². The third kappa shape index (κ3) is 4.34. The maximum Gasteiger partial charge on any atom is 0.341 e. The lowest BCUT2D eigenvalue weighted by Gasteiger charge is -2.33. The number of nitrogens with zero attached hydrogens (tertiary/aromatic N) is 2. The maximum absolute atomic E-state index is 11.9. The Morgan fingerprint density at radius 1 is 1.61 bits per heavy atom. The van der Waals surface area contributed by atoms with Crippen molar-refractivity contribution in [3.8, 4) is 0 Å².